The van der Waals surface area contributed by atoms with Gasteiger partial charge in [-0.2, -0.15) is 0 Å². The van der Waals surface area contributed by atoms with Gasteiger partial charge in [0, 0.05) is 10.9 Å². The zero-order valence-electron chi connectivity index (χ0n) is 19.6. The van der Waals surface area contributed by atoms with E-state index < -0.39 is 29.9 Å². The molecule has 7 nitrogen and oxygen atoms in total. The molecule has 0 aliphatic carbocycles. The van der Waals surface area contributed by atoms with Gasteiger partial charge in [-0.05, 0) is 54.8 Å². The zero-order chi connectivity index (χ0) is 24.7. The number of anilines is 1. The number of urea groups is 1. The van der Waals surface area contributed by atoms with Gasteiger partial charge in [-0.1, -0.05) is 54.1 Å². The van der Waals surface area contributed by atoms with Crippen LogP contribution in [-0.4, -0.2) is 34.3 Å². The predicted molar refractivity (Wildman–Crippen MR) is 137 cm³/mol. The molecule has 1 aliphatic heterocycles. The maximum absolute atomic E-state index is 13.3. The summed E-state index contributed by atoms with van der Waals surface area (Å²) in [7, 11) is 0. The third kappa shape index (κ3) is 4.17. The summed E-state index contributed by atoms with van der Waals surface area (Å²) in [6.45, 7) is 5.29. The molecule has 1 atom stereocenters. The monoisotopic (exact) mass is 484 g/mol. The van der Waals surface area contributed by atoms with Crippen molar-refractivity contribution in [2.24, 2.45) is 0 Å². The fraction of sp³-hybridized carbons (Fsp3) is 0.185. The van der Waals surface area contributed by atoms with Crippen molar-refractivity contribution in [3.8, 4) is 11.3 Å². The summed E-state index contributed by atoms with van der Waals surface area (Å²) in [6.07, 6.45) is 0. The van der Waals surface area contributed by atoms with Gasteiger partial charge in [0.2, 0.25) is 5.91 Å². The Bertz CT molecular complexity index is 1490. The van der Waals surface area contributed by atoms with Gasteiger partial charge in [-0.3, -0.25) is 14.5 Å². The quantitative estimate of drug-likeness (QED) is 0.391. The molecule has 0 radical (unpaired) electrons. The molecule has 2 N–H and O–H groups in total. The van der Waals surface area contributed by atoms with Crippen LogP contribution in [0.1, 0.15) is 23.6 Å². The Morgan fingerprint density at radius 1 is 1.06 bits per heavy atom. The molecule has 4 aromatic rings. The molecule has 35 heavy (non-hydrogen) atoms. The first-order valence-electron chi connectivity index (χ1n) is 11.2. The topological polar surface area (TPSA) is 91.4 Å². The van der Waals surface area contributed by atoms with Crippen LogP contribution >= 0.6 is 11.3 Å². The smallest absolute Gasteiger partial charge is 0.319 e. The second kappa shape index (κ2) is 8.63. The van der Waals surface area contributed by atoms with E-state index >= 15 is 0 Å². The molecule has 1 fully saturated rings. The van der Waals surface area contributed by atoms with Crippen molar-refractivity contribution in [1.82, 2.24) is 15.2 Å². The van der Waals surface area contributed by atoms with Crippen LogP contribution in [0.4, 0.5) is 9.93 Å². The number of aryl methyl sites for hydroxylation is 2. The SMILES string of the molecule is Cc1ccc(C)c(-c2csc(NC(=O)CN3C(=O)NC(C)(c4ccc5ccccc5c4)C3=O)n2)c1. The van der Waals surface area contributed by atoms with Gasteiger partial charge in [0.1, 0.15) is 12.1 Å². The van der Waals surface area contributed by atoms with Gasteiger partial charge in [-0.15, -0.1) is 11.3 Å². The molecule has 0 saturated carbocycles. The standard InChI is InChI=1S/C27H24N4O3S/c1-16-8-9-17(2)21(12-16)22-15-35-25(28-22)29-23(32)14-31-24(33)27(3,30-26(31)34)20-11-10-18-6-4-5-7-19(18)13-20/h4-13,15H,14H2,1-3H3,(H,30,34)(H,28,29,32). The molecular formula is C27H24N4O3S. The highest BCUT2D eigenvalue weighted by molar-refractivity contribution is 7.14. The van der Waals surface area contributed by atoms with Crippen molar-refractivity contribution < 1.29 is 14.4 Å². The van der Waals surface area contributed by atoms with Crippen molar-refractivity contribution >= 4 is 45.1 Å². The number of benzene rings is 3. The largest absolute Gasteiger partial charge is 0.325 e. The molecule has 5 rings (SSSR count). The fourth-order valence-corrected chi connectivity index (χ4v) is 5.03. The Balaban J connectivity index is 1.31. The van der Waals surface area contributed by atoms with E-state index in [1.807, 2.05) is 73.8 Å². The summed E-state index contributed by atoms with van der Waals surface area (Å²) in [4.78, 5) is 44.2. The number of carbonyl (C=O) groups is 3. The third-order valence-corrected chi connectivity index (χ3v) is 7.08. The number of nitrogens with one attached hydrogen (secondary N) is 2. The molecule has 1 aromatic heterocycles. The molecule has 3 aromatic carbocycles. The summed E-state index contributed by atoms with van der Waals surface area (Å²) in [6, 6.07) is 19.0. The molecule has 176 valence electrons. The normalized spacial score (nSPS) is 17.6. The predicted octanol–water partition coefficient (Wildman–Crippen LogP) is 4.99. The lowest BCUT2D eigenvalue weighted by molar-refractivity contribution is -0.133. The number of carbonyl (C=O) groups excluding carboxylic acids is 3. The van der Waals surface area contributed by atoms with E-state index in [4.69, 9.17) is 0 Å². The number of nitrogens with zero attached hydrogens (tertiary/aromatic N) is 2. The maximum Gasteiger partial charge on any atom is 0.325 e. The van der Waals surface area contributed by atoms with Crippen LogP contribution in [0.25, 0.3) is 22.0 Å². The van der Waals surface area contributed by atoms with Crippen molar-refractivity contribution in [2.45, 2.75) is 26.3 Å². The summed E-state index contributed by atoms with van der Waals surface area (Å²) < 4.78 is 0. The first-order chi connectivity index (χ1) is 16.7. The van der Waals surface area contributed by atoms with Crippen LogP contribution in [0, 0.1) is 13.8 Å². The molecule has 1 saturated heterocycles. The van der Waals surface area contributed by atoms with Gasteiger partial charge in [0.05, 0.1) is 5.69 Å². The molecule has 1 unspecified atom stereocenters. The number of imide groups is 1. The Morgan fingerprint density at radius 2 is 1.83 bits per heavy atom. The van der Waals surface area contributed by atoms with Crippen LogP contribution in [0.15, 0.2) is 66.0 Å². The first kappa shape index (κ1) is 22.7. The molecule has 0 spiro atoms. The highest BCUT2D eigenvalue weighted by atomic mass is 32.1. The van der Waals surface area contributed by atoms with Gasteiger partial charge < -0.3 is 10.6 Å². The highest BCUT2D eigenvalue weighted by Crippen LogP contribution is 2.31. The lowest BCUT2D eigenvalue weighted by Crippen LogP contribution is -2.42. The van der Waals surface area contributed by atoms with Crippen molar-refractivity contribution in [3.05, 3.63) is 82.7 Å². The van der Waals surface area contributed by atoms with Crippen LogP contribution in [-0.2, 0) is 15.1 Å². The van der Waals surface area contributed by atoms with E-state index in [0.29, 0.717) is 10.7 Å². The first-order valence-corrected chi connectivity index (χ1v) is 12.1. The van der Waals surface area contributed by atoms with Crippen LogP contribution in [0.3, 0.4) is 0 Å². The summed E-state index contributed by atoms with van der Waals surface area (Å²) >= 11 is 1.30. The Hall–Kier alpha value is -4.04. The van der Waals surface area contributed by atoms with Crippen molar-refractivity contribution in [1.29, 1.82) is 0 Å². The lowest BCUT2D eigenvalue weighted by Gasteiger charge is -2.22. The number of thiazole rings is 1. The number of aromatic nitrogens is 1. The molecule has 2 heterocycles. The minimum absolute atomic E-state index is 0.397. The number of hydrogen-bond acceptors (Lipinski definition) is 5. The Morgan fingerprint density at radius 3 is 2.63 bits per heavy atom. The molecule has 8 heteroatoms. The summed E-state index contributed by atoms with van der Waals surface area (Å²) in [5.41, 5.74) is 3.39. The van der Waals surface area contributed by atoms with Crippen LogP contribution < -0.4 is 10.6 Å². The minimum Gasteiger partial charge on any atom is -0.319 e. The van der Waals surface area contributed by atoms with Crippen molar-refractivity contribution in [2.75, 3.05) is 11.9 Å². The molecule has 0 bridgehead atoms. The third-order valence-electron chi connectivity index (χ3n) is 6.32. The van der Waals surface area contributed by atoms with E-state index in [1.165, 1.54) is 11.3 Å². The highest BCUT2D eigenvalue weighted by Gasteiger charge is 2.49. The number of fused-ring (bicyclic) bond motifs is 1. The Labute approximate surface area is 206 Å². The second-order valence-corrected chi connectivity index (χ2v) is 9.77. The van der Waals surface area contributed by atoms with Gasteiger partial charge >= 0.3 is 6.03 Å². The average Bonchev–Trinajstić information content (AvgIpc) is 3.38. The maximum atomic E-state index is 13.3. The van der Waals surface area contributed by atoms with Gasteiger partial charge in [-0.25, -0.2) is 9.78 Å². The molecule has 4 amide bonds. The molecular weight excluding hydrogens is 460 g/mol. The molecule has 1 aliphatic rings. The number of amides is 4. The van der Waals surface area contributed by atoms with Crippen LogP contribution in [0.5, 0.6) is 0 Å². The summed E-state index contributed by atoms with van der Waals surface area (Å²) in [5, 5.41) is 9.78. The van der Waals surface area contributed by atoms with E-state index in [0.717, 1.165) is 38.1 Å². The van der Waals surface area contributed by atoms with E-state index in [9.17, 15) is 14.4 Å². The van der Waals surface area contributed by atoms with E-state index in [1.54, 1.807) is 6.92 Å². The minimum atomic E-state index is -1.25. The van der Waals surface area contributed by atoms with Gasteiger partial charge in [0.15, 0.2) is 5.13 Å². The van der Waals surface area contributed by atoms with Crippen molar-refractivity contribution in [3.63, 3.8) is 0 Å². The zero-order valence-corrected chi connectivity index (χ0v) is 20.4. The lowest BCUT2D eigenvalue weighted by atomic mass is 9.90. The Kier molecular flexibility index (Phi) is 5.61. The fourth-order valence-electron chi connectivity index (χ4n) is 4.31. The van der Waals surface area contributed by atoms with E-state index in [-0.39, 0.29) is 0 Å². The van der Waals surface area contributed by atoms with Crippen LogP contribution in [0.2, 0.25) is 0 Å². The summed E-state index contributed by atoms with van der Waals surface area (Å²) in [5.74, 6) is -0.957. The average molecular weight is 485 g/mol. The van der Waals surface area contributed by atoms with Gasteiger partial charge in [0.25, 0.3) is 5.91 Å². The number of rotatable bonds is 5. The second-order valence-electron chi connectivity index (χ2n) is 8.91. The van der Waals surface area contributed by atoms with E-state index in [2.05, 4.69) is 21.7 Å². The number of hydrogen-bond donors (Lipinski definition) is 2.